The van der Waals surface area contributed by atoms with E-state index in [1.165, 1.54) is 29.7 Å². The minimum Gasteiger partial charge on any atom is -0.474 e. The van der Waals surface area contributed by atoms with Crippen LogP contribution in [-0.4, -0.2) is 38.8 Å². The number of hydrogen-bond donors (Lipinski definition) is 0. The lowest BCUT2D eigenvalue weighted by molar-refractivity contribution is 0.201. The number of ether oxygens (including phenoxy) is 1. The summed E-state index contributed by atoms with van der Waals surface area (Å²) >= 11 is 1.60. The predicted octanol–water partition coefficient (Wildman–Crippen LogP) is 3.47. The SMILES string of the molecule is CSc1ncc2c(n1)CCN(Cc1ccc(OC3CCCC3)nc1)C2. The minimum atomic E-state index is 0.364. The van der Waals surface area contributed by atoms with Gasteiger partial charge in [0, 0.05) is 50.1 Å². The van der Waals surface area contributed by atoms with Crippen LogP contribution in [0.2, 0.25) is 0 Å². The molecule has 1 fully saturated rings. The van der Waals surface area contributed by atoms with Gasteiger partial charge in [0.05, 0.1) is 5.69 Å². The van der Waals surface area contributed by atoms with E-state index in [9.17, 15) is 0 Å². The van der Waals surface area contributed by atoms with Crippen LogP contribution in [0.5, 0.6) is 5.88 Å². The Morgan fingerprint density at radius 2 is 2.08 bits per heavy atom. The van der Waals surface area contributed by atoms with Crippen LogP contribution in [-0.2, 0) is 19.5 Å². The summed E-state index contributed by atoms with van der Waals surface area (Å²) in [5, 5.41) is 0.870. The molecule has 5 nitrogen and oxygen atoms in total. The molecule has 0 atom stereocenters. The Hall–Kier alpha value is -1.66. The standard InChI is InChI=1S/C19H24N4OS/c1-25-19-21-11-15-13-23(9-8-17(15)22-19)12-14-6-7-18(20-10-14)24-16-4-2-3-5-16/h6-7,10-11,16H,2-5,8-9,12-13H2,1H3. The number of pyridine rings is 1. The van der Waals surface area contributed by atoms with Gasteiger partial charge >= 0.3 is 0 Å². The monoisotopic (exact) mass is 356 g/mol. The first-order valence-electron chi connectivity index (χ1n) is 9.03. The summed E-state index contributed by atoms with van der Waals surface area (Å²) in [6.07, 6.45) is 12.2. The number of hydrogen-bond acceptors (Lipinski definition) is 6. The van der Waals surface area contributed by atoms with Crippen LogP contribution in [0.3, 0.4) is 0 Å². The summed E-state index contributed by atoms with van der Waals surface area (Å²) in [7, 11) is 0. The molecule has 0 bridgehead atoms. The molecule has 2 aromatic heterocycles. The van der Waals surface area contributed by atoms with Gasteiger partial charge in [-0.3, -0.25) is 4.90 Å². The van der Waals surface area contributed by atoms with Crippen molar-refractivity contribution in [2.24, 2.45) is 0 Å². The van der Waals surface area contributed by atoms with Crippen LogP contribution >= 0.6 is 11.8 Å². The van der Waals surface area contributed by atoms with Gasteiger partial charge in [0.15, 0.2) is 5.16 Å². The first-order chi connectivity index (χ1) is 12.3. The van der Waals surface area contributed by atoms with Gasteiger partial charge in [0.2, 0.25) is 5.88 Å². The van der Waals surface area contributed by atoms with Crippen LogP contribution in [0.15, 0.2) is 29.7 Å². The van der Waals surface area contributed by atoms with Gasteiger partial charge in [-0.15, -0.1) is 0 Å². The third kappa shape index (κ3) is 4.12. The zero-order valence-corrected chi connectivity index (χ0v) is 15.5. The van der Waals surface area contributed by atoms with Gasteiger partial charge in [-0.1, -0.05) is 17.8 Å². The molecule has 6 heteroatoms. The van der Waals surface area contributed by atoms with Crippen LogP contribution in [0.4, 0.5) is 0 Å². The van der Waals surface area contributed by atoms with Crippen molar-refractivity contribution in [2.45, 2.75) is 56.5 Å². The molecule has 0 saturated heterocycles. The minimum absolute atomic E-state index is 0.364. The Morgan fingerprint density at radius 3 is 2.84 bits per heavy atom. The van der Waals surface area contributed by atoms with Crippen molar-refractivity contribution in [1.29, 1.82) is 0 Å². The van der Waals surface area contributed by atoms with E-state index < -0.39 is 0 Å². The molecule has 3 heterocycles. The number of rotatable bonds is 5. The predicted molar refractivity (Wildman–Crippen MR) is 98.8 cm³/mol. The molecule has 2 aliphatic rings. The van der Waals surface area contributed by atoms with Crippen molar-refractivity contribution >= 4 is 11.8 Å². The molecule has 1 saturated carbocycles. The van der Waals surface area contributed by atoms with Crippen molar-refractivity contribution in [3.63, 3.8) is 0 Å². The maximum Gasteiger partial charge on any atom is 0.213 e. The summed E-state index contributed by atoms with van der Waals surface area (Å²) in [5.41, 5.74) is 3.68. The van der Waals surface area contributed by atoms with Crippen molar-refractivity contribution < 1.29 is 4.74 Å². The van der Waals surface area contributed by atoms with Gasteiger partial charge in [-0.05, 0) is 37.5 Å². The summed E-state index contributed by atoms with van der Waals surface area (Å²) in [6, 6.07) is 4.15. The van der Waals surface area contributed by atoms with Crippen LogP contribution in [0, 0.1) is 0 Å². The van der Waals surface area contributed by atoms with E-state index in [-0.39, 0.29) is 0 Å². The van der Waals surface area contributed by atoms with E-state index in [4.69, 9.17) is 4.74 Å². The molecule has 0 unspecified atom stereocenters. The second-order valence-corrected chi connectivity index (χ2v) is 7.59. The lowest BCUT2D eigenvalue weighted by atomic mass is 10.1. The van der Waals surface area contributed by atoms with Crippen molar-refractivity contribution in [1.82, 2.24) is 19.9 Å². The van der Waals surface area contributed by atoms with Crippen molar-refractivity contribution in [2.75, 3.05) is 12.8 Å². The highest BCUT2D eigenvalue weighted by molar-refractivity contribution is 7.98. The van der Waals surface area contributed by atoms with Crippen LogP contribution in [0.1, 0.15) is 42.5 Å². The Labute approximate surface area is 153 Å². The summed E-state index contributed by atoms with van der Waals surface area (Å²) in [4.78, 5) is 16.0. The summed E-state index contributed by atoms with van der Waals surface area (Å²) < 4.78 is 5.95. The molecule has 0 spiro atoms. The Bertz CT molecular complexity index is 716. The van der Waals surface area contributed by atoms with Crippen LogP contribution < -0.4 is 4.74 Å². The van der Waals surface area contributed by atoms with E-state index in [1.54, 1.807) is 11.8 Å². The second-order valence-electron chi connectivity index (χ2n) is 6.82. The number of nitrogens with zero attached hydrogens (tertiary/aromatic N) is 4. The topological polar surface area (TPSA) is 51.1 Å². The Kier molecular flexibility index (Phi) is 5.17. The van der Waals surface area contributed by atoms with E-state index in [0.717, 1.165) is 49.9 Å². The van der Waals surface area contributed by atoms with Gasteiger partial charge in [-0.25, -0.2) is 15.0 Å². The fourth-order valence-electron chi connectivity index (χ4n) is 3.60. The smallest absolute Gasteiger partial charge is 0.213 e. The Morgan fingerprint density at radius 1 is 1.20 bits per heavy atom. The molecule has 0 radical (unpaired) electrons. The fourth-order valence-corrected chi connectivity index (χ4v) is 3.96. The third-order valence-electron chi connectivity index (χ3n) is 4.97. The average molecular weight is 356 g/mol. The molecular weight excluding hydrogens is 332 g/mol. The number of aromatic nitrogens is 3. The second kappa shape index (κ2) is 7.70. The van der Waals surface area contributed by atoms with E-state index in [2.05, 4.69) is 25.9 Å². The molecule has 0 aromatic carbocycles. The molecule has 25 heavy (non-hydrogen) atoms. The molecule has 0 N–H and O–H groups in total. The first-order valence-corrected chi connectivity index (χ1v) is 10.3. The Balaban J connectivity index is 1.35. The maximum atomic E-state index is 5.95. The average Bonchev–Trinajstić information content (AvgIpc) is 3.16. The summed E-state index contributed by atoms with van der Waals surface area (Å²) in [5.74, 6) is 0.762. The molecule has 4 rings (SSSR count). The quantitative estimate of drug-likeness (QED) is 0.604. The fraction of sp³-hybridized carbons (Fsp3) is 0.526. The van der Waals surface area contributed by atoms with Gasteiger partial charge < -0.3 is 4.74 Å². The summed E-state index contributed by atoms with van der Waals surface area (Å²) in [6.45, 7) is 2.84. The molecule has 2 aromatic rings. The molecule has 132 valence electrons. The lowest BCUT2D eigenvalue weighted by Crippen LogP contribution is -2.31. The normalized spacial score (nSPS) is 18.3. The lowest BCUT2D eigenvalue weighted by Gasteiger charge is -2.27. The highest BCUT2D eigenvalue weighted by Gasteiger charge is 2.19. The zero-order valence-electron chi connectivity index (χ0n) is 14.6. The molecule has 1 aliphatic heterocycles. The van der Waals surface area contributed by atoms with Gasteiger partial charge in [0.25, 0.3) is 0 Å². The van der Waals surface area contributed by atoms with E-state index in [0.29, 0.717) is 6.10 Å². The van der Waals surface area contributed by atoms with Gasteiger partial charge in [0.1, 0.15) is 6.10 Å². The van der Waals surface area contributed by atoms with E-state index >= 15 is 0 Å². The highest BCUT2D eigenvalue weighted by Crippen LogP contribution is 2.24. The molecule has 1 aliphatic carbocycles. The largest absolute Gasteiger partial charge is 0.474 e. The zero-order chi connectivity index (χ0) is 17.1. The third-order valence-corrected chi connectivity index (χ3v) is 5.53. The number of fused-ring (bicyclic) bond motifs is 1. The first kappa shape index (κ1) is 16.8. The number of thioether (sulfide) groups is 1. The maximum absolute atomic E-state index is 5.95. The van der Waals surface area contributed by atoms with E-state index in [1.807, 2.05) is 24.7 Å². The molecule has 0 amide bonds. The molecular formula is C19H24N4OS. The highest BCUT2D eigenvalue weighted by atomic mass is 32.2. The van der Waals surface area contributed by atoms with Crippen molar-refractivity contribution in [3.8, 4) is 5.88 Å². The van der Waals surface area contributed by atoms with Gasteiger partial charge in [-0.2, -0.15) is 0 Å². The van der Waals surface area contributed by atoms with Crippen molar-refractivity contribution in [3.05, 3.63) is 41.3 Å². The van der Waals surface area contributed by atoms with Crippen LogP contribution in [0.25, 0.3) is 0 Å².